The highest BCUT2D eigenvalue weighted by Gasteiger charge is 2.17. The van der Waals surface area contributed by atoms with Crippen molar-refractivity contribution >= 4 is 29.8 Å². The van der Waals surface area contributed by atoms with E-state index in [4.69, 9.17) is 5.41 Å². The summed E-state index contributed by atoms with van der Waals surface area (Å²) in [6.45, 7) is 1.88. The lowest BCUT2D eigenvalue weighted by Gasteiger charge is -2.22. The van der Waals surface area contributed by atoms with E-state index in [-0.39, 0.29) is 5.92 Å². The molecule has 0 aliphatic carbocycles. The average Bonchev–Trinajstić information content (AvgIpc) is 3.29. The van der Waals surface area contributed by atoms with Gasteiger partial charge in [-0.25, -0.2) is 9.97 Å². The van der Waals surface area contributed by atoms with Crippen LogP contribution in [0.4, 0.5) is 5.82 Å². The van der Waals surface area contributed by atoms with Crippen molar-refractivity contribution < 1.29 is 0 Å². The van der Waals surface area contributed by atoms with Gasteiger partial charge in [-0.05, 0) is 25.5 Å². The fourth-order valence-corrected chi connectivity index (χ4v) is 3.56. The number of aromatic nitrogens is 5. The van der Waals surface area contributed by atoms with Gasteiger partial charge in [-0.15, -0.1) is 12.6 Å². The number of thiol groups is 1. The zero-order chi connectivity index (χ0) is 18.8. The smallest absolute Gasteiger partial charge is 0.180 e. The van der Waals surface area contributed by atoms with Crippen LogP contribution in [0.25, 0.3) is 16.9 Å². The van der Waals surface area contributed by atoms with Gasteiger partial charge in [0.25, 0.3) is 0 Å². The third-order valence-corrected chi connectivity index (χ3v) is 4.94. The molecule has 1 aliphatic heterocycles. The van der Waals surface area contributed by atoms with E-state index >= 15 is 0 Å². The molecule has 0 aromatic carbocycles. The first-order valence-electron chi connectivity index (χ1n) is 8.90. The summed E-state index contributed by atoms with van der Waals surface area (Å²) in [6.07, 6.45) is 13.0. The molecule has 9 heteroatoms. The van der Waals surface area contributed by atoms with Gasteiger partial charge in [0.1, 0.15) is 0 Å². The second-order valence-electron chi connectivity index (χ2n) is 6.67. The van der Waals surface area contributed by atoms with Crippen LogP contribution < -0.4 is 10.6 Å². The fourth-order valence-electron chi connectivity index (χ4n) is 3.31. The fraction of sp³-hybridized carbons (Fsp3) is 0.333. The molecular formula is C18H22N8S. The summed E-state index contributed by atoms with van der Waals surface area (Å²) < 4.78 is 3.72. The quantitative estimate of drug-likeness (QED) is 0.401. The van der Waals surface area contributed by atoms with E-state index in [1.54, 1.807) is 29.3 Å². The highest BCUT2D eigenvalue weighted by Crippen LogP contribution is 2.24. The van der Waals surface area contributed by atoms with Gasteiger partial charge in [0.2, 0.25) is 0 Å². The minimum Gasteiger partial charge on any atom is -0.332 e. The van der Waals surface area contributed by atoms with Crippen LogP contribution in [0.1, 0.15) is 12.8 Å². The van der Waals surface area contributed by atoms with E-state index < -0.39 is 0 Å². The Morgan fingerprint density at radius 1 is 1.41 bits per heavy atom. The van der Waals surface area contributed by atoms with Crippen molar-refractivity contribution in [2.24, 2.45) is 13.0 Å². The number of aryl methyl sites for hydroxylation is 1. The van der Waals surface area contributed by atoms with E-state index in [1.807, 2.05) is 23.8 Å². The molecule has 1 saturated heterocycles. The third-order valence-electron chi connectivity index (χ3n) is 4.70. The first-order chi connectivity index (χ1) is 13.1. The van der Waals surface area contributed by atoms with E-state index in [0.29, 0.717) is 22.2 Å². The Kier molecular flexibility index (Phi) is 4.95. The van der Waals surface area contributed by atoms with E-state index in [0.717, 1.165) is 37.2 Å². The summed E-state index contributed by atoms with van der Waals surface area (Å²) in [4.78, 5) is 8.89. The van der Waals surface area contributed by atoms with Crippen LogP contribution in [0.3, 0.4) is 0 Å². The second-order valence-corrected chi connectivity index (χ2v) is 7.15. The van der Waals surface area contributed by atoms with Crippen LogP contribution in [0.15, 0.2) is 42.1 Å². The number of allylic oxidation sites excluding steroid dienone is 1. The number of anilines is 1. The Balaban J connectivity index is 1.58. The van der Waals surface area contributed by atoms with Crippen LogP contribution in [0.2, 0.25) is 0 Å². The minimum atomic E-state index is 0.232. The summed E-state index contributed by atoms with van der Waals surface area (Å²) in [5.41, 5.74) is 3.19. The molecule has 140 valence electrons. The van der Waals surface area contributed by atoms with Gasteiger partial charge in [0, 0.05) is 49.4 Å². The zero-order valence-corrected chi connectivity index (χ0v) is 15.9. The van der Waals surface area contributed by atoms with Crippen LogP contribution in [-0.4, -0.2) is 43.0 Å². The molecule has 3 N–H and O–H groups in total. The molecule has 0 saturated carbocycles. The molecule has 1 aliphatic rings. The maximum Gasteiger partial charge on any atom is 0.180 e. The molecule has 3 aromatic heterocycles. The summed E-state index contributed by atoms with van der Waals surface area (Å²) in [5.74, 6) is 0.832. The number of rotatable bonds is 5. The number of piperidine rings is 1. The van der Waals surface area contributed by atoms with Crippen molar-refractivity contribution in [2.75, 3.05) is 18.4 Å². The Bertz CT molecular complexity index is 996. The van der Waals surface area contributed by atoms with Crippen LogP contribution in [-0.2, 0) is 7.05 Å². The van der Waals surface area contributed by atoms with Crippen molar-refractivity contribution in [3.8, 4) is 11.3 Å². The van der Waals surface area contributed by atoms with Crippen molar-refractivity contribution in [1.29, 1.82) is 5.41 Å². The number of nitrogens with one attached hydrogen (secondary N) is 3. The maximum atomic E-state index is 8.31. The monoisotopic (exact) mass is 382 g/mol. The number of imidazole rings is 1. The zero-order valence-electron chi connectivity index (χ0n) is 15.1. The second kappa shape index (κ2) is 7.53. The standard InChI is InChI=1S/C18H22N8S/c1-25-11-13(9-23-25)15-10-22-18-17(21-5-6-26(15)18)24-16(27)7-14(19)12-3-2-4-20-8-12/h5-7,9-12,19-20,27H,2-4,8H2,1H3,(H,21,24)/b16-7-,19-14?. The summed E-state index contributed by atoms with van der Waals surface area (Å²) in [7, 11) is 1.88. The van der Waals surface area contributed by atoms with Gasteiger partial charge in [0.05, 0.1) is 23.1 Å². The summed E-state index contributed by atoms with van der Waals surface area (Å²) >= 11 is 4.50. The van der Waals surface area contributed by atoms with Gasteiger partial charge in [-0.3, -0.25) is 9.08 Å². The molecule has 1 fully saturated rings. The van der Waals surface area contributed by atoms with Gasteiger partial charge in [0.15, 0.2) is 11.5 Å². The number of hydrogen-bond donors (Lipinski definition) is 4. The first-order valence-corrected chi connectivity index (χ1v) is 9.34. The SMILES string of the molecule is Cn1cc(-c2cnc3c(N/C(S)=C/C(=N)C4CCCNC4)nccn23)cn1. The molecule has 0 amide bonds. The van der Waals surface area contributed by atoms with E-state index in [2.05, 4.69) is 38.3 Å². The molecule has 0 radical (unpaired) electrons. The van der Waals surface area contributed by atoms with Crippen molar-refractivity contribution in [2.45, 2.75) is 12.8 Å². The Morgan fingerprint density at radius 3 is 3.04 bits per heavy atom. The number of fused-ring (bicyclic) bond motifs is 1. The molecule has 3 aromatic rings. The minimum absolute atomic E-state index is 0.232. The number of hydrogen-bond acceptors (Lipinski definition) is 7. The molecule has 4 heterocycles. The lowest BCUT2D eigenvalue weighted by Crippen LogP contribution is -2.33. The molecule has 0 bridgehead atoms. The maximum absolute atomic E-state index is 8.31. The Morgan fingerprint density at radius 2 is 2.30 bits per heavy atom. The molecule has 4 rings (SSSR count). The lowest BCUT2D eigenvalue weighted by atomic mass is 9.94. The van der Waals surface area contributed by atoms with Crippen molar-refractivity contribution in [3.63, 3.8) is 0 Å². The van der Waals surface area contributed by atoms with E-state index in [9.17, 15) is 0 Å². The van der Waals surface area contributed by atoms with Crippen LogP contribution in [0, 0.1) is 11.3 Å². The van der Waals surface area contributed by atoms with Gasteiger partial charge >= 0.3 is 0 Å². The largest absolute Gasteiger partial charge is 0.332 e. The first kappa shape index (κ1) is 17.7. The van der Waals surface area contributed by atoms with Gasteiger partial charge < -0.3 is 16.0 Å². The average molecular weight is 382 g/mol. The van der Waals surface area contributed by atoms with Crippen LogP contribution >= 0.6 is 12.6 Å². The predicted molar refractivity (Wildman–Crippen MR) is 109 cm³/mol. The molecule has 1 atom stereocenters. The molecule has 0 spiro atoms. The summed E-state index contributed by atoms with van der Waals surface area (Å²) in [6, 6.07) is 0. The molecular weight excluding hydrogens is 360 g/mol. The van der Waals surface area contributed by atoms with Gasteiger partial charge in [-0.2, -0.15) is 5.10 Å². The van der Waals surface area contributed by atoms with Crippen molar-refractivity contribution in [1.82, 2.24) is 29.5 Å². The predicted octanol–water partition coefficient (Wildman–Crippen LogP) is 2.33. The van der Waals surface area contributed by atoms with Crippen molar-refractivity contribution in [3.05, 3.63) is 42.1 Å². The number of nitrogens with zero attached hydrogens (tertiary/aromatic N) is 5. The molecule has 27 heavy (non-hydrogen) atoms. The normalized spacial score (nSPS) is 18.0. The molecule has 1 unspecified atom stereocenters. The Hall–Kier alpha value is -2.65. The highest BCUT2D eigenvalue weighted by atomic mass is 32.1. The Labute approximate surface area is 162 Å². The lowest BCUT2D eigenvalue weighted by molar-refractivity contribution is 0.458. The van der Waals surface area contributed by atoms with Crippen LogP contribution in [0.5, 0.6) is 0 Å². The summed E-state index contributed by atoms with van der Waals surface area (Å²) in [5, 5.41) is 19.6. The molecule has 8 nitrogen and oxygen atoms in total. The van der Waals surface area contributed by atoms with Gasteiger partial charge in [-0.1, -0.05) is 0 Å². The third kappa shape index (κ3) is 3.74. The topological polar surface area (TPSA) is 95.9 Å². The van der Waals surface area contributed by atoms with E-state index in [1.165, 1.54) is 0 Å². The highest BCUT2D eigenvalue weighted by molar-refractivity contribution is 7.84.